The summed E-state index contributed by atoms with van der Waals surface area (Å²) in [4.78, 5) is 1.38. The third-order valence-corrected chi connectivity index (χ3v) is 4.07. The molecule has 0 amide bonds. The first-order chi connectivity index (χ1) is 7.63. The predicted octanol–water partition coefficient (Wildman–Crippen LogP) is 3.91. The molecular weight excluding hydrogens is 214 g/mol. The summed E-state index contributed by atoms with van der Waals surface area (Å²) < 4.78 is 0. The maximum Gasteiger partial charge on any atom is 0.00747 e. The molecule has 1 atom stereocenters. The fourth-order valence-corrected chi connectivity index (χ4v) is 2.51. The molecule has 0 aliphatic rings. The van der Waals surface area contributed by atoms with Crippen LogP contribution in [0, 0.1) is 13.8 Å². The van der Waals surface area contributed by atoms with Gasteiger partial charge in [0.05, 0.1) is 0 Å². The van der Waals surface area contributed by atoms with Crippen molar-refractivity contribution in [1.82, 2.24) is 0 Å². The lowest BCUT2D eigenvalue weighted by Crippen LogP contribution is -2.18. The normalized spacial score (nSPS) is 12.8. The van der Waals surface area contributed by atoms with Crippen molar-refractivity contribution in [3.05, 3.63) is 29.3 Å². The Kier molecular flexibility index (Phi) is 5.93. The zero-order valence-electron chi connectivity index (χ0n) is 10.6. The molecule has 90 valence electrons. The highest BCUT2D eigenvalue weighted by Gasteiger charge is 2.00. The van der Waals surface area contributed by atoms with E-state index in [2.05, 4.69) is 39.0 Å². The molecule has 0 heterocycles. The summed E-state index contributed by atoms with van der Waals surface area (Å²) >= 11 is 1.94. The molecule has 0 fully saturated rings. The second-order valence-corrected chi connectivity index (χ2v) is 5.57. The molecule has 0 radical (unpaired) electrons. The number of hydrogen-bond acceptors (Lipinski definition) is 2. The van der Waals surface area contributed by atoms with Crippen LogP contribution in [-0.2, 0) is 0 Å². The lowest BCUT2D eigenvalue weighted by atomic mass is 10.1. The molecule has 1 aromatic carbocycles. The molecule has 1 unspecified atom stereocenters. The van der Waals surface area contributed by atoms with E-state index in [4.69, 9.17) is 5.73 Å². The average Bonchev–Trinajstić information content (AvgIpc) is 2.28. The SMILES string of the molecule is CCC(N)CCCSc1ccc(C)c(C)c1. The van der Waals surface area contributed by atoms with Gasteiger partial charge in [0.25, 0.3) is 0 Å². The van der Waals surface area contributed by atoms with Crippen molar-refractivity contribution in [1.29, 1.82) is 0 Å². The van der Waals surface area contributed by atoms with Crippen molar-refractivity contribution in [2.75, 3.05) is 5.75 Å². The standard InChI is InChI=1S/C14H23NS/c1-4-13(15)6-5-9-16-14-8-7-11(2)12(3)10-14/h7-8,10,13H,4-6,9,15H2,1-3H3. The van der Waals surface area contributed by atoms with Gasteiger partial charge in [-0.2, -0.15) is 0 Å². The van der Waals surface area contributed by atoms with Crippen LogP contribution in [-0.4, -0.2) is 11.8 Å². The van der Waals surface area contributed by atoms with E-state index in [1.807, 2.05) is 11.8 Å². The van der Waals surface area contributed by atoms with Crippen molar-refractivity contribution >= 4 is 11.8 Å². The average molecular weight is 237 g/mol. The molecule has 0 saturated carbocycles. The van der Waals surface area contributed by atoms with Gasteiger partial charge in [-0.1, -0.05) is 13.0 Å². The van der Waals surface area contributed by atoms with Gasteiger partial charge in [0.1, 0.15) is 0 Å². The second-order valence-electron chi connectivity index (χ2n) is 4.41. The van der Waals surface area contributed by atoms with Crippen LogP contribution in [0.25, 0.3) is 0 Å². The van der Waals surface area contributed by atoms with E-state index in [1.165, 1.54) is 28.2 Å². The van der Waals surface area contributed by atoms with Gasteiger partial charge in [-0.25, -0.2) is 0 Å². The molecule has 0 saturated heterocycles. The molecular formula is C14H23NS. The largest absolute Gasteiger partial charge is 0.328 e. The lowest BCUT2D eigenvalue weighted by Gasteiger charge is -2.08. The zero-order valence-corrected chi connectivity index (χ0v) is 11.4. The van der Waals surface area contributed by atoms with Crippen molar-refractivity contribution < 1.29 is 0 Å². The van der Waals surface area contributed by atoms with Crippen molar-refractivity contribution in [2.45, 2.75) is 51.0 Å². The minimum Gasteiger partial charge on any atom is -0.328 e. The summed E-state index contributed by atoms with van der Waals surface area (Å²) in [6.45, 7) is 6.48. The minimum atomic E-state index is 0.389. The van der Waals surface area contributed by atoms with Crippen LogP contribution in [0.5, 0.6) is 0 Å². The van der Waals surface area contributed by atoms with Crippen LogP contribution in [0.4, 0.5) is 0 Å². The van der Waals surface area contributed by atoms with Gasteiger partial charge in [0.15, 0.2) is 0 Å². The number of hydrogen-bond donors (Lipinski definition) is 1. The second kappa shape index (κ2) is 6.97. The van der Waals surface area contributed by atoms with Crippen molar-refractivity contribution in [3.63, 3.8) is 0 Å². The van der Waals surface area contributed by atoms with E-state index < -0.39 is 0 Å². The first-order valence-electron chi connectivity index (χ1n) is 6.09. The fraction of sp³-hybridized carbons (Fsp3) is 0.571. The van der Waals surface area contributed by atoms with Gasteiger partial charge < -0.3 is 5.73 Å². The number of aryl methyl sites for hydroxylation is 2. The Hall–Kier alpha value is -0.470. The van der Waals surface area contributed by atoms with Crippen LogP contribution in [0.1, 0.15) is 37.3 Å². The summed E-state index contributed by atoms with van der Waals surface area (Å²) in [7, 11) is 0. The maximum atomic E-state index is 5.89. The zero-order chi connectivity index (χ0) is 12.0. The van der Waals surface area contributed by atoms with E-state index in [9.17, 15) is 0 Å². The number of thioether (sulfide) groups is 1. The van der Waals surface area contributed by atoms with Gasteiger partial charge in [0.2, 0.25) is 0 Å². The van der Waals surface area contributed by atoms with Crippen molar-refractivity contribution in [2.24, 2.45) is 5.73 Å². The third kappa shape index (κ3) is 4.58. The van der Waals surface area contributed by atoms with E-state index in [-0.39, 0.29) is 0 Å². The first kappa shape index (κ1) is 13.6. The van der Waals surface area contributed by atoms with Crippen LogP contribution in [0.3, 0.4) is 0 Å². The molecule has 1 nitrogen and oxygen atoms in total. The Labute approximate surface area is 104 Å². The highest BCUT2D eigenvalue weighted by molar-refractivity contribution is 7.99. The van der Waals surface area contributed by atoms with Gasteiger partial charge >= 0.3 is 0 Å². The van der Waals surface area contributed by atoms with E-state index in [0.717, 1.165) is 12.8 Å². The van der Waals surface area contributed by atoms with Crippen LogP contribution < -0.4 is 5.73 Å². The van der Waals surface area contributed by atoms with Crippen molar-refractivity contribution in [3.8, 4) is 0 Å². The smallest absolute Gasteiger partial charge is 0.00747 e. The van der Waals surface area contributed by atoms with E-state index in [1.54, 1.807) is 0 Å². The summed E-state index contributed by atoms with van der Waals surface area (Å²) in [6, 6.07) is 7.09. The van der Waals surface area contributed by atoms with E-state index >= 15 is 0 Å². The lowest BCUT2D eigenvalue weighted by molar-refractivity contribution is 0.589. The van der Waals surface area contributed by atoms with Gasteiger partial charge in [-0.05, 0) is 62.1 Å². The number of nitrogens with two attached hydrogens (primary N) is 1. The topological polar surface area (TPSA) is 26.0 Å². The molecule has 2 N–H and O–H groups in total. The molecule has 0 aromatic heterocycles. The summed E-state index contributed by atoms with van der Waals surface area (Å²) in [5.41, 5.74) is 8.64. The Morgan fingerprint density at radius 2 is 2.00 bits per heavy atom. The number of rotatable bonds is 6. The Balaban J connectivity index is 2.29. The molecule has 16 heavy (non-hydrogen) atoms. The summed E-state index contributed by atoms with van der Waals surface area (Å²) in [6.07, 6.45) is 3.45. The summed E-state index contributed by atoms with van der Waals surface area (Å²) in [5, 5.41) is 0. The highest BCUT2D eigenvalue weighted by atomic mass is 32.2. The molecule has 1 rings (SSSR count). The third-order valence-electron chi connectivity index (χ3n) is 2.99. The number of benzene rings is 1. The van der Waals surface area contributed by atoms with E-state index in [0.29, 0.717) is 6.04 Å². The Morgan fingerprint density at radius 1 is 1.25 bits per heavy atom. The molecule has 0 aliphatic heterocycles. The van der Waals surface area contributed by atoms with Gasteiger partial charge in [0, 0.05) is 10.9 Å². The van der Waals surface area contributed by atoms with Crippen LogP contribution in [0.2, 0.25) is 0 Å². The fourth-order valence-electron chi connectivity index (χ4n) is 1.54. The quantitative estimate of drug-likeness (QED) is 0.599. The monoisotopic (exact) mass is 237 g/mol. The molecule has 1 aromatic rings. The first-order valence-corrected chi connectivity index (χ1v) is 7.07. The summed E-state index contributed by atoms with van der Waals surface area (Å²) in [5.74, 6) is 1.18. The molecule has 0 bridgehead atoms. The van der Waals surface area contributed by atoms with Gasteiger partial charge in [-0.15, -0.1) is 11.8 Å². The predicted molar refractivity (Wildman–Crippen MR) is 74.1 cm³/mol. The molecule has 0 spiro atoms. The highest BCUT2D eigenvalue weighted by Crippen LogP contribution is 2.22. The minimum absolute atomic E-state index is 0.389. The van der Waals surface area contributed by atoms with Gasteiger partial charge in [-0.3, -0.25) is 0 Å². The molecule has 0 aliphatic carbocycles. The Morgan fingerprint density at radius 3 is 2.62 bits per heavy atom. The maximum absolute atomic E-state index is 5.89. The van der Waals surface area contributed by atoms with Crippen LogP contribution in [0.15, 0.2) is 23.1 Å². The Bertz CT molecular complexity index is 323. The van der Waals surface area contributed by atoms with Crippen LogP contribution >= 0.6 is 11.8 Å². The molecule has 2 heteroatoms.